The van der Waals surface area contributed by atoms with Crippen molar-refractivity contribution in [2.24, 2.45) is 0 Å². The Hall–Kier alpha value is 2.15. The summed E-state index contributed by atoms with van der Waals surface area (Å²) >= 11 is 0. The average Bonchev–Trinajstić information content (AvgIpc) is 0. The Kier molecular flexibility index (Phi) is 169. The average molecular weight is 401 g/mol. The molecule has 0 aromatic heterocycles. The first-order valence-corrected chi connectivity index (χ1v) is 0. The first-order chi connectivity index (χ1) is 0. The van der Waals surface area contributed by atoms with E-state index < -0.39 is 0 Å². The van der Waals surface area contributed by atoms with Crippen LogP contribution in [0.2, 0.25) is 0 Å². The zero-order valence-electron chi connectivity index (χ0n) is 1.93. The van der Waals surface area contributed by atoms with Crippen molar-refractivity contribution in [3.63, 3.8) is 0 Å². The molecule has 0 saturated heterocycles. The normalized spacial score (nSPS) is 0. The van der Waals surface area contributed by atoms with E-state index in [0.717, 1.165) is 0 Å². The SMILES string of the molecule is I.I.I.N. The van der Waals surface area contributed by atoms with Gasteiger partial charge in [0, 0.05) is 0 Å². The van der Waals surface area contributed by atoms with Crippen LogP contribution in [-0.4, -0.2) is 0 Å². The van der Waals surface area contributed by atoms with Crippen LogP contribution in [0.1, 0.15) is 0 Å². The van der Waals surface area contributed by atoms with Crippen LogP contribution >= 0.6 is 71.9 Å². The topological polar surface area (TPSA) is 35.0 Å². The molecule has 0 bridgehead atoms. The zero-order chi connectivity index (χ0) is 0. The van der Waals surface area contributed by atoms with E-state index in [1.165, 1.54) is 0 Å². The Morgan fingerprint density at radius 2 is 0.500 bits per heavy atom. The van der Waals surface area contributed by atoms with Crippen LogP contribution in [0.15, 0.2) is 0 Å². The summed E-state index contributed by atoms with van der Waals surface area (Å²) in [6, 6.07) is 0. The van der Waals surface area contributed by atoms with Crippen molar-refractivity contribution >= 4 is 71.9 Å². The predicted octanol–water partition coefficient (Wildman–Crippen LogP) is 2.02. The van der Waals surface area contributed by atoms with Gasteiger partial charge in [-0.05, 0) is 0 Å². The Labute approximate surface area is 76.9 Å². The van der Waals surface area contributed by atoms with E-state index in [-0.39, 0.29) is 78.1 Å². The van der Waals surface area contributed by atoms with Crippen LogP contribution in [0, 0.1) is 0 Å². The lowest BCUT2D eigenvalue weighted by Gasteiger charge is -0.344. The Morgan fingerprint density at radius 3 is 0.500 bits per heavy atom. The molecule has 0 aliphatic rings. The summed E-state index contributed by atoms with van der Waals surface area (Å²) in [5, 5.41) is 0. The molecule has 0 aliphatic heterocycles. The third-order valence-corrected chi connectivity index (χ3v) is 0. The van der Waals surface area contributed by atoms with Gasteiger partial charge in [-0.25, -0.2) is 0 Å². The Balaban J connectivity index is 0. The zero-order valence-corrected chi connectivity index (χ0v) is 8.92. The molecule has 3 N–H and O–H groups in total. The molecule has 1 nitrogen and oxygen atoms in total. The molecule has 0 aliphatic carbocycles. The molecular formula is H6I3N. The van der Waals surface area contributed by atoms with E-state index in [4.69, 9.17) is 0 Å². The third kappa shape index (κ3) is 8.91. The van der Waals surface area contributed by atoms with Gasteiger partial charge >= 0.3 is 0 Å². The second kappa shape index (κ2) is 19.2. The van der Waals surface area contributed by atoms with Gasteiger partial charge in [-0.1, -0.05) is 0 Å². The second-order valence-electron chi connectivity index (χ2n) is 0. The molecule has 0 radical (unpaired) electrons. The molecule has 0 spiro atoms. The minimum atomic E-state index is 0. The van der Waals surface area contributed by atoms with E-state index in [0.29, 0.717) is 0 Å². The lowest BCUT2D eigenvalue weighted by molar-refractivity contribution is 2.13. The molecule has 4 heavy (non-hydrogen) atoms. The monoisotopic (exact) mass is 401 g/mol. The van der Waals surface area contributed by atoms with E-state index >= 15 is 0 Å². The highest BCUT2D eigenvalue weighted by Crippen LogP contribution is 0.888. The van der Waals surface area contributed by atoms with Gasteiger partial charge in [0.15, 0.2) is 0 Å². The van der Waals surface area contributed by atoms with Crippen LogP contribution in [0.3, 0.4) is 0 Å². The van der Waals surface area contributed by atoms with Crippen molar-refractivity contribution in [3.05, 3.63) is 0 Å². The summed E-state index contributed by atoms with van der Waals surface area (Å²) < 4.78 is 0. The second-order valence-corrected chi connectivity index (χ2v) is 0. The molecule has 0 saturated carbocycles. The lowest BCUT2D eigenvalue weighted by atomic mass is 14.0. The molecule has 0 fully saturated rings. The molecule has 0 aromatic carbocycles. The summed E-state index contributed by atoms with van der Waals surface area (Å²) in [5.74, 6) is 0. The van der Waals surface area contributed by atoms with Gasteiger partial charge in [0.2, 0.25) is 0 Å². The molecule has 0 aromatic rings. The van der Waals surface area contributed by atoms with Gasteiger partial charge in [0.1, 0.15) is 0 Å². The molecule has 32 valence electrons. The van der Waals surface area contributed by atoms with E-state index in [9.17, 15) is 0 Å². The van der Waals surface area contributed by atoms with Crippen molar-refractivity contribution in [1.29, 1.82) is 0 Å². The minimum Gasteiger partial charge on any atom is -0.344 e. The lowest BCUT2D eigenvalue weighted by Crippen LogP contribution is -0.481. The molecule has 0 amide bonds. The van der Waals surface area contributed by atoms with Crippen LogP contribution in [-0.2, 0) is 0 Å². The van der Waals surface area contributed by atoms with Crippen molar-refractivity contribution in [2.45, 2.75) is 0 Å². The third-order valence-electron chi connectivity index (χ3n) is 0. The summed E-state index contributed by atoms with van der Waals surface area (Å²) in [6.07, 6.45) is 0. The Morgan fingerprint density at radius 1 is 0.500 bits per heavy atom. The molecule has 0 unspecified atom stereocenters. The van der Waals surface area contributed by atoms with E-state index in [2.05, 4.69) is 0 Å². The van der Waals surface area contributed by atoms with Crippen molar-refractivity contribution in [3.8, 4) is 0 Å². The summed E-state index contributed by atoms with van der Waals surface area (Å²) in [6.45, 7) is 0. The van der Waals surface area contributed by atoms with Gasteiger partial charge in [-0.3, -0.25) is 0 Å². The highest BCUT2D eigenvalue weighted by molar-refractivity contribution is 14.0. The maximum atomic E-state index is 0. The van der Waals surface area contributed by atoms with Crippen LogP contribution in [0.5, 0.6) is 0 Å². The molecule has 0 heterocycles. The van der Waals surface area contributed by atoms with Gasteiger partial charge in [0.05, 0.1) is 0 Å². The number of halogens is 3. The van der Waals surface area contributed by atoms with Crippen LogP contribution in [0.25, 0.3) is 0 Å². The molecular weight excluding hydrogens is 395 g/mol. The number of rotatable bonds is 0. The number of hydrogen-bond donors (Lipinski definition) is 1. The quantitative estimate of drug-likeness (QED) is 0.620. The fraction of sp³-hybridized carbons (Fsp3) is 0. The predicted molar refractivity (Wildman–Crippen MR) is 51.3 cm³/mol. The first kappa shape index (κ1) is 35.3. The van der Waals surface area contributed by atoms with Crippen LogP contribution < -0.4 is 6.15 Å². The van der Waals surface area contributed by atoms with Gasteiger partial charge in [0.25, 0.3) is 0 Å². The van der Waals surface area contributed by atoms with Crippen molar-refractivity contribution in [2.75, 3.05) is 0 Å². The van der Waals surface area contributed by atoms with Gasteiger partial charge in [-0.2, -0.15) is 0 Å². The fourth-order valence-corrected chi connectivity index (χ4v) is 0. The largest absolute Gasteiger partial charge is 0.344 e. The maximum absolute atomic E-state index is 0. The van der Waals surface area contributed by atoms with E-state index in [1.54, 1.807) is 0 Å². The van der Waals surface area contributed by atoms with Crippen LogP contribution in [0.4, 0.5) is 0 Å². The van der Waals surface area contributed by atoms with E-state index in [1.807, 2.05) is 0 Å². The number of hydrogen-bond acceptors (Lipinski definition) is 1. The highest BCUT2D eigenvalue weighted by Gasteiger charge is -0.105. The molecule has 0 atom stereocenters. The van der Waals surface area contributed by atoms with Crippen molar-refractivity contribution < 1.29 is 0 Å². The van der Waals surface area contributed by atoms with Crippen molar-refractivity contribution in [1.82, 2.24) is 6.15 Å². The van der Waals surface area contributed by atoms with Gasteiger partial charge in [-0.15, -0.1) is 71.9 Å². The minimum absolute atomic E-state index is 0. The smallest absolute Gasteiger partial charge is 0.107 e. The summed E-state index contributed by atoms with van der Waals surface area (Å²) in [5.41, 5.74) is 0. The molecule has 0 rings (SSSR count). The first-order valence-electron chi connectivity index (χ1n) is 0. The van der Waals surface area contributed by atoms with Gasteiger partial charge < -0.3 is 6.15 Å². The fourth-order valence-electron chi connectivity index (χ4n) is 0. The maximum Gasteiger partial charge on any atom is -0.107 e. The Bertz CT molecular complexity index is 3.25. The highest BCUT2D eigenvalue weighted by atomic mass is 127. The standard InChI is InChI=1S/3HI.H3N/h3*1H;1H3. The molecule has 4 heteroatoms. The summed E-state index contributed by atoms with van der Waals surface area (Å²) in [7, 11) is 0. The summed E-state index contributed by atoms with van der Waals surface area (Å²) in [4.78, 5) is 0.